The van der Waals surface area contributed by atoms with Gasteiger partial charge in [0.05, 0.1) is 5.92 Å². The summed E-state index contributed by atoms with van der Waals surface area (Å²) in [7, 11) is 0. The minimum atomic E-state index is -0.649. The Morgan fingerprint density at radius 1 is 1.35 bits per heavy atom. The van der Waals surface area contributed by atoms with Crippen molar-refractivity contribution < 1.29 is 9.90 Å². The molecule has 1 aromatic carbocycles. The Morgan fingerprint density at radius 3 is 2.55 bits per heavy atom. The van der Waals surface area contributed by atoms with E-state index in [9.17, 15) is 9.90 Å². The van der Waals surface area contributed by atoms with Crippen LogP contribution in [0, 0.1) is 17.8 Å². The van der Waals surface area contributed by atoms with E-state index in [4.69, 9.17) is 0 Å². The molecule has 110 valence electrons. The van der Waals surface area contributed by atoms with Gasteiger partial charge in [-0.2, -0.15) is 0 Å². The Balaban J connectivity index is 2.12. The molecule has 3 heteroatoms. The zero-order chi connectivity index (χ0) is 14.8. The Hall–Kier alpha value is -1.51. The van der Waals surface area contributed by atoms with E-state index >= 15 is 0 Å². The number of rotatable bonds is 4. The third-order valence-electron chi connectivity index (χ3n) is 4.61. The van der Waals surface area contributed by atoms with Crippen LogP contribution in [0.2, 0.25) is 0 Å². The third kappa shape index (κ3) is 3.33. The number of nitrogens with one attached hydrogen (secondary N) is 1. The molecule has 1 aliphatic rings. The van der Waals surface area contributed by atoms with Gasteiger partial charge in [-0.1, -0.05) is 32.0 Å². The fourth-order valence-electron chi connectivity index (χ4n) is 3.48. The van der Waals surface area contributed by atoms with Crippen molar-refractivity contribution in [2.24, 2.45) is 17.8 Å². The first kappa shape index (κ1) is 14.9. The number of benzene rings is 1. The highest BCUT2D eigenvalue weighted by Crippen LogP contribution is 2.41. The summed E-state index contributed by atoms with van der Waals surface area (Å²) in [6.45, 7) is 6.41. The van der Waals surface area contributed by atoms with Crippen LogP contribution in [-0.2, 0) is 4.79 Å². The third-order valence-corrected chi connectivity index (χ3v) is 4.61. The molecular weight excluding hydrogens is 250 g/mol. The summed E-state index contributed by atoms with van der Waals surface area (Å²) < 4.78 is 0. The van der Waals surface area contributed by atoms with Gasteiger partial charge in [-0.25, -0.2) is 0 Å². The SMILES string of the molecule is CC(C)C1CCC(C)(Nc2ccccc2)CC1C(=O)O. The van der Waals surface area contributed by atoms with Gasteiger partial charge in [0.25, 0.3) is 0 Å². The molecule has 1 saturated carbocycles. The minimum Gasteiger partial charge on any atom is -0.481 e. The van der Waals surface area contributed by atoms with Gasteiger partial charge >= 0.3 is 5.97 Å². The zero-order valence-corrected chi connectivity index (χ0v) is 12.6. The molecule has 2 rings (SSSR count). The lowest BCUT2D eigenvalue weighted by molar-refractivity contribution is -0.146. The second kappa shape index (κ2) is 5.86. The van der Waals surface area contributed by atoms with Crippen LogP contribution >= 0.6 is 0 Å². The smallest absolute Gasteiger partial charge is 0.306 e. The summed E-state index contributed by atoms with van der Waals surface area (Å²) in [5.41, 5.74) is 0.942. The quantitative estimate of drug-likeness (QED) is 0.872. The van der Waals surface area contributed by atoms with Crippen LogP contribution in [-0.4, -0.2) is 16.6 Å². The molecule has 0 spiro atoms. The highest BCUT2D eigenvalue weighted by molar-refractivity contribution is 5.71. The maximum Gasteiger partial charge on any atom is 0.306 e. The topological polar surface area (TPSA) is 49.3 Å². The summed E-state index contributed by atoms with van der Waals surface area (Å²) in [6, 6.07) is 10.1. The first-order valence-corrected chi connectivity index (χ1v) is 7.47. The van der Waals surface area contributed by atoms with Crippen LogP contribution in [0.4, 0.5) is 5.69 Å². The average Bonchev–Trinajstić information content (AvgIpc) is 2.38. The van der Waals surface area contributed by atoms with Gasteiger partial charge in [0, 0.05) is 11.2 Å². The van der Waals surface area contributed by atoms with E-state index in [1.54, 1.807) is 0 Å². The van der Waals surface area contributed by atoms with Gasteiger partial charge in [0.15, 0.2) is 0 Å². The maximum atomic E-state index is 11.6. The number of aliphatic carboxylic acids is 1. The molecule has 2 N–H and O–H groups in total. The van der Waals surface area contributed by atoms with E-state index < -0.39 is 5.97 Å². The molecule has 3 nitrogen and oxygen atoms in total. The zero-order valence-electron chi connectivity index (χ0n) is 12.6. The van der Waals surface area contributed by atoms with Crippen molar-refractivity contribution in [3.05, 3.63) is 30.3 Å². The highest BCUT2D eigenvalue weighted by atomic mass is 16.4. The number of hydrogen-bond acceptors (Lipinski definition) is 2. The molecule has 0 saturated heterocycles. The molecule has 0 aromatic heterocycles. The van der Waals surface area contributed by atoms with Gasteiger partial charge in [-0.15, -0.1) is 0 Å². The predicted molar refractivity (Wildman–Crippen MR) is 81.8 cm³/mol. The van der Waals surface area contributed by atoms with Crippen LogP contribution in [0.5, 0.6) is 0 Å². The lowest BCUT2D eigenvalue weighted by atomic mass is 9.67. The Bertz CT molecular complexity index is 457. The van der Waals surface area contributed by atoms with E-state index in [0.717, 1.165) is 18.5 Å². The maximum absolute atomic E-state index is 11.6. The normalized spacial score (nSPS) is 30.2. The van der Waals surface area contributed by atoms with Crippen molar-refractivity contribution in [3.8, 4) is 0 Å². The van der Waals surface area contributed by atoms with Crippen LogP contribution in [0.15, 0.2) is 30.3 Å². The lowest BCUT2D eigenvalue weighted by Crippen LogP contribution is -2.46. The summed E-state index contributed by atoms with van der Waals surface area (Å²) in [6.07, 6.45) is 2.69. The van der Waals surface area contributed by atoms with Gasteiger partial charge < -0.3 is 10.4 Å². The molecule has 0 aliphatic heterocycles. The van der Waals surface area contributed by atoms with E-state index in [-0.39, 0.29) is 17.4 Å². The Morgan fingerprint density at radius 2 is 2.00 bits per heavy atom. The highest BCUT2D eigenvalue weighted by Gasteiger charge is 2.42. The molecule has 0 heterocycles. The average molecular weight is 275 g/mol. The van der Waals surface area contributed by atoms with Crippen molar-refractivity contribution in [2.75, 3.05) is 5.32 Å². The van der Waals surface area contributed by atoms with Crippen molar-refractivity contribution >= 4 is 11.7 Å². The fourth-order valence-corrected chi connectivity index (χ4v) is 3.48. The Kier molecular flexibility index (Phi) is 4.36. The predicted octanol–water partition coefficient (Wildman–Crippen LogP) is 4.01. The molecule has 1 aromatic rings. The first-order chi connectivity index (χ1) is 9.41. The van der Waals surface area contributed by atoms with Crippen LogP contribution in [0.25, 0.3) is 0 Å². The van der Waals surface area contributed by atoms with Gasteiger partial charge in [-0.3, -0.25) is 4.79 Å². The molecule has 3 atom stereocenters. The van der Waals surface area contributed by atoms with E-state index in [2.05, 4.69) is 26.1 Å². The number of carboxylic acid groups (broad SMARTS) is 1. The molecule has 20 heavy (non-hydrogen) atoms. The van der Waals surface area contributed by atoms with Crippen molar-refractivity contribution in [3.63, 3.8) is 0 Å². The molecule has 0 amide bonds. The summed E-state index contributed by atoms with van der Waals surface area (Å²) >= 11 is 0. The summed E-state index contributed by atoms with van der Waals surface area (Å²) in [4.78, 5) is 11.6. The van der Waals surface area contributed by atoms with Crippen molar-refractivity contribution in [1.82, 2.24) is 0 Å². The monoisotopic (exact) mass is 275 g/mol. The number of anilines is 1. The summed E-state index contributed by atoms with van der Waals surface area (Å²) in [5.74, 6) is -0.176. The van der Waals surface area contributed by atoms with Crippen molar-refractivity contribution in [2.45, 2.75) is 45.6 Å². The molecule has 1 fully saturated rings. The van der Waals surface area contributed by atoms with Crippen LogP contribution < -0.4 is 5.32 Å². The fraction of sp³-hybridized carbons (Fsp3) is 0.588. The minimum absolute atomic E-state index is 0.129. The number of carbonyl (C=O) groups is 1. The number of carboxylic acids is 1. The Labute approximate surface area is 121 Å². The van der Waals surface area contributed by atoms with Gasteiger partial charge in [-0.05, 0) is 50.2 Å². The molecule has 0 radical (unpaired) electrons. The van der Waals surface area contributed by atoms with Gasteiger partial charge in [0.1, 0.15) is 0 Å². The van der Waals surface area contributed by atoms with Crippen LogP contribution in [0.3, 0.4) is 0 Å². The second-order valence-corrected chi connectivity index (χ2v) is 6.65. The summed E-state index contributed by atoms with van der Waals surface area (Å²) in [5, 5.41) is 13.1. The molecular formula is C17H25NO2. The van der Waals surface area contributed by atoms with Gasteiger partial charge in [0.2, 0.25) is 0 Å². The number of para-hydroxylation sites is 1. The molecule has 1 aliphatic carbocycles. The van der Waals surface area contributed by atoms with E-state index in [0.29, 0.717) is 12.3 Å². The van der Waals surface area contributed by atoms with Crippen LogP contribution in [0.1, 0.15) is 40.0 Å². The van der Waals surface area contributed by atoms with Crippen molar-refractivity contribution in [1.29, 1.82) is 0 Å². The second-order valence-electron chi connectivity index (χ2n) is 6.65. The molecule has 0 bridgehead atoms. The largest absolute Gasteiger partial charge is 0.481 e. The standard InChI is InChI=1S/C17H25NO2/c1-12(2)14-9-10-17(3,11-15(14)16(19)20)18-13-7-5-4-6-8-13/h4-8,12,14-15,18H,9-11H2,1-3H3,(H,19,20). The lowest BCUT2D eigenvalue weighted by Gasteiger charge is -2.43. The van der Waals surface area contributed by atoms with E-state index in [1.165, 1.54) is 0 Å². The number of hydrogen-bond donors (Lipinski definition) is 2. The van der Waals surface area contributed by atoms with E-state index in [1.807, 2.05) is 30.3 Å². The first-order valence-electron chi connectivity index (χ1n) is 7.47. The molecule has 3 unspecified atom stereocenters.